The van der Waals surface area contributed by atoms with E-state index in [1.165, 1.54) is 10.6 Å². The van der Waals surface area contributed by atoms with Crippen LogP contribution in [0.3, 0.4) is 0 Å². The van der Waals surface area contributed by atoms with Crippen LogP contribution in [0.1, 0.15) is 23.3 Å². The molecule has 7 heteroatoms. The lowest BCUT2D eigenvalue weighted by molar-refractivity contribution is -0.143. The third-order valence-corrected chi connectivity index (χ3v) is 4.31. The number of aliphatic carboxylic acids is 1. The summed E-state index contributed by atoms with van der Waals surface area (Å²) in [6.45, 7) is 0.881. The molecule has 0 aromatic carbocycles. The van der Waals surface area contributed by atoms with Crippen LogP contribution in [-0.4, -0.2) is 39.5 Å². The first-order valence-corrected chi connectivity index (χ1v) is 6.70. The Hall–Kier alpha value is -1.20. The van der Waals surface area contributed by atoms with Crippen molar-refractivity contribution in [2.45, 2.75) is 12.8 Å². The Kier molecular flexibility index (Phi) is 4.06. The first-order chi connectivity index (χ1) is 8.91. The van der Waals surface area contributed by atoms with E-state index in [1.54, 1.807) is 11.9 Å². The molecule has 1 fully saturated rings. The second-order valence-electron chi connectivity index (χ2n) is 4.63. The van der Waals surface area contributed by atoms with Crippen molar-refractivity contribution >= 4 is 35.1 Å². The highest BCUT2D eigenvalue weighted by Gasteiger charge is 2.29. The molecule has 0 bridgehead atoms. The van der Waals surface area contributed by atoms with Crippen LogP contribution in [-0.2, 0) is 11.8 Å². The van der Waals surface area contributed by atoms with E-state index in [2.05, 4.69) is 0 Å². The third-order valence-electron chi connectivity index (χ3n) is 3.47. The maximum Gasteiger partial charge on any atom is 0.306 e. The molecule has 1 saturated heterocycles. The van der Waals surface area contributed by atoms with Gasteiger partial charge in [-0.25, -0.2) is 0 Å². The predicted molar refractivity (Wildman–Crippen MR) is 71.7 cm³/mol. The molecule has 1 aliphatic heterocycles. The van der Waals surface area contributed by atoms with Crippen LogP contribution < -0.4 is 0 Å². The minimum atomic E-state index is -0.794. The van der Waals surface area contributed by atoms with Gasteiger partial charge in [-0.15, -0.1) is 0 Å². The zero-order chi connectivity index (χ0) is 14.2. The predicted octanol–water partition coefficient (Wildman–Crippen LogP) is 2.27. The third kappa shape index (κ3) is 2.72. The summed E-state index contributed by atoms with van der Waals surface area (Å²) in [7, 11) is 1.67. The molecule has 0 spiro atoms. The van der Waals surface area contributed by atoms with Gasteiger partial charge in [0.15, 0.2) is 0 Å². The van der Waals surface area contributed by atoms with Gasteiger partial charge in [0.05, 0.1) is 10.9 Å². The minimum absolute atomic E-state index is 0.167. The highest BCUT2D eigenvalue weighted by atomic mass is 35.5. The van der Waals surface area contributed by atoms with Gasteiger partial charge in [0.25, 0.3) is 5.91 Å². The van der Waals surface area contributed by atoms with Crippen molar-refractivity contribution < 1.29 is 14.7 Å². The van der Waals surface area contributed by atoms with Gasteiger partial charge in [0, 0.05) is 20.1 Å². The number of amides is 1. The second-order valence-corrected chi connectivity index (χ2v) is 5.40. The van der Waals surface area contributed by atoms with Crippen LogP contribution in [0.25, 0.3) is 0 Å². The van der Waals surface area contributed by atoms with Gasteiger partial charge in [0.2, 0.25) is 0 Å². The first-order valence-electron chi connectivity index (χ1n) is 5.94. The van der Waals surface area contributed by atoms with Crippen molar-refractivity contribution in [1.82, 2.24) is 9.47 Å². The van der Waals surface area contributed by atoms with Crippen LogP contribution in [0.2, 0.25) is 10.2 Å². The SMILES string of the molecule is Cn1c(C(=O)N2CCC(C(=O)O)CC2)cc(Cl)c1Cl. The van der Waals surface area contributed by atoms with Crippen molar-refractivity contribution in [3.63, 3.8) is 0 Å². The molecule has 19 heavy (non-hydrogen) atoms. The number of aromatic nitrogens is 1. The van der Waals surface area contributed by atoms with Crippen molar-refractivity contribution in [3.05, 3.63) is 21.9 Å². The quantitative estimate of drug-likeness (QED) is 0.911. The number of carbonyl (C=O) groups is 2. The van der Waals surface area contributed by atoms with E-state index in [9.17, 15) is 9.59 Å². The van der Waals surface area contributed by atoms with Crippen LogP contribution in [0, 0.1) is 5.92 Å². The summed E-state index contributed by atoms with van der Waals surface area (Å²) in [6.07, 6.45) is 0.958. The van der Waals surface area contributed by atoms with Crippen molar-refractivity contribution in [2.75, 3.05) is 13.1 Å². The Labute approximate surface area is 120 Å². The Balaban J connectivity index is 2.09. The molecular weight excluding hydrogens is 291 g/mol. The Morgan fingerprint density at radius 1 is 1.32 bits per heavy atom. The van der Waals surface area contributed by atoms with Crippen molar-refractivity contribution in [2.24, 2.45) is 13.0 Å². The summed E-state index contributed by atoms with van der Waals surface area (Å²) >= 11 is 11.8. The molecule has 0 radical (unpaired) electrons. The number of carboxylic acids is 1. The molecule has 1 N–H and O–H groups in total. The largest absolute Gasteiger partial charge is 0.481 e. The molecule has 0 unspecified atom stereocenters. The van der Waals surface area contributed by atoms with Gasteiger partial charge in [-0.2, -0.15) is 0 Å². The Bertz CT molecular complexity index is 519. The van der Waals surface area contributed by atoms with E-state index in [-0.39, 0.29) is 11.8 Å². The van der Waals surface area contributed by atoms with Crippen LogP contribution in [0.5, 0.6) is 0 Å². The molecule has 5 nitrogen and oxygen atoms in total. The first kappa shape index (κ1) is 14.2. The molecule has 0 atom stereocenters. The molecule has 0 aliphatic carbocycles. The van der Waals surface area contributed by atoms with Crippen molar-refractivity contribution in [3.8, 4) is 0 Å². The maximum absolute atomic E-state index is 12.3. The summed E-state index contributed by atoms with van der Waals surface area (Å²) in [5.41, 5.74) is 0.420. The summed E-state index contributed by atoms with van der Waals surface area (Å²) < 4.78 is 1.54. The maximum atomic E-state index is 12.3. The lowest BCUT2D eigenvalue weighted by Crippen LogP contribution is -2.40. The number of carboxylic acid groups (broad SMARTS) is 1. The van der Waals surface area contributed by atoms with E-state index in [0.717, 1.165) is 0 Å². The molecular formula is C12H14Cl2N2O3. The molecule has 1 aliphatic rings. The van der Waals surface area contributed by atoms with Gasteiger partial charge < -0.3 is 14.6 Å². The fraction of sp³-hybridized carbons (Fsp3) is 0.500. The minimum Gasteiger partial charge on any atom is -0.481 e. The number of hydrogen-bond acceptors (Lipinski definition) is 2. The average Bonchev–Trinajstić information content (AvgIpc) is 2.66. The van der Waals surface area contributed by atoms with Crippen LogP contribution in [0.15, 0.2) is 6.07 Å². The summed E-state index contributed by atoms with van der Waals surface area (Å²) in [5, 5.41) is 9.59. The summed E-state index contributed by atoms with van der Waals surface area (Å²) in [4.78, 5) is 24.8. The molecule has 2 heterocycles. The summed E-state index contributed by atoms with van der Waals surface area (Å²) in [5.74, 6) is -1.32. The van der Waals surface area contributed by atoms with Gasteiger partial charge in [-0.05, 0) is 18.9 Å². The van der Waals surface area contributed by atoms with Gasteiger partial charge in [-0.1, -0.05) is 23.2 Å². The Morgan fingerprint density at radius 2 is 1.89 bits per heavy atom. The number of halogens is 2. The fourth-order valence-electron chi connectivity index (χ4n) is 2.24. The number of carbonyl (C=O) groups excluding carboxylic acids is 1. The normalized spacial score (nSPS) is 16.7. The highest BCUT2D eigenvalue weighted by molar-refractivity contribution is 6.41. The molecule has 1 aromatic rings. The zero-order valence-electron chi connectivity index (χ0n) is 10.4. The topological polar surface area (TPSA) is 62.5 Å². The molecule has 2 rings (SSSR count). The molecule has 104 valence electrons. The van der Waals surface area contributed by atoms with Gasteiger partial charge in [-0.3, -0.25) is 9.59 Å². The molecule has 0 saturated carbocycles. The second kappa shape index (κ2) is 5.43. The van der Waals surface area contributed by atoms with Crippen molar-refractivity contribution in [1.29, 1.82) is 0 Å². The lowest BCUT2D eigenvalue weighted by Gasteiger charge is -2.30. The van der Waals surface area contributed by atoms with E-state index < -0.39 is 5.97 Å². The smallest absolute Gasteiger partial charge is 0.306 e. The van der Waals surface area contributed by atoms with Gasteiger partial charge in [0.1, 0.15) is 10.8 Å². The summed E-state index contributed by atoms with van der Waals surface area (Å²) in [6, 6.07) is 1.54. The van der Waals surface area contributed by atoms with E-state index in [1.807, 2.05) is 0 Å². The number of piperidine rings is 1. The van der Waals surface area contributed by atoms with E-state index in [0.29, 0.717) is 41.8 Å². The highest BCUT2D eigenvalue weighted by Crippen LogP contribution is 2.27. The van der Waals surface area contributed by atoms with E-state index >= 15 is 0 Å². The number of hydrogen-bond donors (Lipinski definition) is 1. The molecule has 1 aromatic heterocycles. The van der Waals surface area contributed by atoms with Gasteiger partial charge >= 0.3 is 5.97 Å². The number of nitrogens with zero attached hydrogens (tertiary/aromatic N) is 2. The standard InChI is InChI=1S/C12H14Cl2N2O3/c1-15-9(6-8(13)10(15)14)11(17)16-4-2-7(3-5-16)12(18)19/h6-7H,2-5H2,1H3,(H,18,19). The fourth-order valence-corrected chi connectivity index (χ4v) is 2.61. The number of likely N-dealkylation sites (tertiary alicyclic amines) is 1. The monoisotopic (exact) mass is 304 g/mol. The van der Waals surface area contributed by atoms with E-state index in [4.69, 9.17) is 28.3 Å². The van der Waals surface area contributed by atoms with Crippen LogP contribution in [0.4, 0.5) is 0 Å². The average molecular weight is 305 g/mol. The van der Waals surface area contributed by atoms with Crippen LogP contribution >= 0.6 is 23.2 Å². The zero-order valence-corrected chi connectivity index (χ0v) is 11.9. The molecule has 1 amide bonds. The lowest BCUT2D eigenvalue weighted by atomic mass is 9.97. The Morgan fingerprint density at radius 3 is 2.32 bits per heavy atom. The number of rotatable bonds is 2.